The molecule has 0 spiro atoms. The summed E-state index contributed by atoms with van der Waals surface area (Å²) in [6.07, 6.45) is 4.65. The van der Waals surface area contributed by atoms with E-state index in [1.165, 1.54) is 10.8 Å². The Labute approximate surface area is 156 Å². The van der Waals surface area contributed by atoms with Gasteiger partial charge >= 0.3 is 0 Å². The molecule has 3 aromatic rings. The molecule has 3 rings (SSSR count). The third-order valence-corrected chi connectivity index (χ3v) is 4.16. The van der Waals surface area contributed by atoms with Crippen LogP contribution in [-0.4, -0.2) is 26.8 Å². The van der Waals surface area contributed by atoms with Gasteiger partial charge in [0, 0.05) is 18.1 Å². The van der Waals surface area contributed by atoms with Crippen molar-refractivity contribution in [2.75, 3.05) is 0 Å². The van der Waals surface area contributed by atoms with Crippen LogP contribution < -0.4 is 11.0 Å². The van der Waals surface area contributed by atoms with Crippen LogP contribution in [0.5, 0.6) is 5.75 Å². The lowest BCUT2D eigenvalue weighted by molar-refractivity contribution is 0.0950. The molecule has 0 aliphatic heterocycles. The highest BCUT2D eigenvalue weighted by Gasteiger charge is 2.21. The van der Waals surface area contributed by atoms with Crippen molar-refractivity contribution in [1.29, 1.82) is 0 Å². The maximum absolute atomic E-state index is 12.9. The molecule has 0 saturated heterocycles. The number of carbonyl (C=O) groups is 1. The highest BCUT2D eigenvalue weighted by atomic mass is 16.3. The lowest BCUT2D eigenvalue weighted by atomic mass is 10.1. The summed E-state index contributed by atoms with van der Waals surface area (Å²) in [7, 11) is 0. The van der Waals surface area contributed by atoms with Crippen molar-refractivity contribution in [3.05, 3.63) is 70.3 Å². The lowest BCUT2D eigenvalue weighted by Gasteiger charge is -2.14. The fraction of sp³-hybridized carbons (Fsp3) is 0.200. The van der Waals surface area contributed by atoms with Gasteiger partial charge in [0.15, 0.2) is 0 Å². The van der Waals surface area contributed by atoms with Crippen molar-refractivity contribution in [2.24, 2.45) is 5.10 Å². The highest BCUT2D eigenvalue weighted by molar-refractivity contribution is 6.02. The molecule has 2 heterocycles. The molecule has 0 unspecified atom stereocenters. The van der Waals surface area contributed by atoms with E-state index in [2.05, 4.69) is 15.5 Å². The predicted molar refractivity (Wildman–Crippen MR) is 104 cm³/mol. The number of para-hydroxylation sites is 1. The van der Waals surface area contributed by atoms with Crippen LogP contribution in [0, 0.1) is 0 Å². The number of hydrazone groups is 1. The first-order chi connectivity index (χ1) is 13.1. The number of nitrogens with one attached hydrogen (secondary N) is 1. The van der Waals surface area contributed by atoms with Crippen LogP contribution in [0.1, 0.15) is 35.8 Å². The quantitative estimate of drug-likeness (QED) is 0.519. The first-order valence-corrected chi connectivity index (χ1v) is 8.72. The van der Waals surface area contributed by atoms with Gasteiger partial charge in [-0.2, -0.15) is 5.10 Å². The molecule has 7 heteroatoms. The van der Waals surface area contributed by atoms with Crippen LogP contribution in [0.25, 0.3) is 10.9 Å². The van der Waals surface area contributed by atoms with Gasteiger partial charge in [-0.3, -0.25) is 14.6 Å². The fourth-order valence-electron chi connectivity index (χ4n) is 2.80. The number of amides is 1. The Hall–Kier alpha value is -3.48. The van der Waals surface area contributed by atoms with Gasteiger partial charge in [-0.1, -0.05) is 31.5 Å². The summed E-state index contributed by atoms with van der Waals surface area (Å²) < 4.78 is 1.52. The third kappa shape index (κ3) is 3.87. The molecule has 0 aliphatic rings. The zero-order chi connectivity index (χ0) is 19.2. The number of aromatic nitrogens is 2. The number of nitrogens with zero attached hydrogens (tertiary/aromatic N) is 3. The first kappa shape index (κ1) is 18.3. The third-order valence-electron chi connectivity index (χ3n) is 4.16. The van der Waals surface area contributed by atoms with E-state index < -0.39 is 11.5 Å². The van der Waals surface area contributed by atoms with E-state index in [9.17, 15) is 14.7 Å². The van der Waals surface area contributed by atoms with Crippen LogP contribution in [0.3, 0.4) is 0 Å². The van der Waals surface area contributed by atoms with Crippen molar-refractivity contribution in [1.82, 2.24) is 15.0 Å². The molecule has 2 N–H and O–H groups in total. The summed E-state index contributed by atoms with van der Waals surface area (Å²) in [5.41, 5.74) is 2.60. The number of aromatic hydroxyl groups is 1. The molecule has 0 fully saturated rings. The molecule has 1 aromatic carbocycles. The minimum absolute atomic E-state index is 0.317. The Balaban J connectivity index is 1.99. The van der Waals surface area contributed by atoms with E-state index in [1.807, 2.05) is 6.92 Å². The van der Waals surface area contributed by atoms with Gasteiger partial charge in [-0.05, 0) is 30.7 Å². The molecule has 0 radical (unpaired) electrons. The van der Waals surface area contributed by atoms with E-state index in [-0.39, 0.29) is 11.3 Å². The molecular weight excluding hydrogens is 344 g/mol. The van der Waals surface area contributed by atoms with Gasteiger partial charge in [-0.25, -0.2) is 5.43 Å². The Morgan fingerprint density at radius 1 is 1.26 bits per heavy atom. The summed E-state index contributed by atoms with van der Waals surface area (Å²) in [6, 6.07) is 12.3. The predicted octanol–water partition coefficient (Wildman–Crippen LogP) is 2.67. The SMILES string of the molecule is CCCCn1c(=O)c(C(=O)NN=Cc2ccccn2)c(O)c2ccccc21. The number of hydrogen-bond acceptors (Lipinski definition) is 5. The van der Waals surface area contributed by atoms with Crippen molar-refractivity contribution in [3.63, 3.8) is 0 Å². The van der Waals surface area contributed by atoms with Crippen LogP contribution >= 0.6 is 0 Å². The molecule has 0 atom stereocenters. The number of rotatable bonds is 6. The number of unbranched alkanes of at least 4 members (excludes halogenated alkanes) is 1. The van der Waals surface area contributed by atoms with Gasteiger partial charge in [0.05, 0.1) is 17.4 Å². The number of carbonyl (C=O) groups excluding carboxylic acids is 1. The summed E-state index contributed by atoms with van der Waals surface area (Å²) >= 11 is 0. The largest absolute Gasteiger partial charge is 0.506 e. The minimum atomic E-state index is -0.763. The number of pyridine rings is 2. The molecule has 1 amide bonds. The molecular formula is C20H20N4O3. The Bertz CT molecular complexity index is 1040. The van der Waals surface area contributed by atoms with Crippen molar-refractivity contribution < 1.29 is 9.90 Å². The second-order valence-electron chi connectivity index (χ2n) is 6.00. The summed E-state index contributed by atoms with van der Waals surface area (Å²) in [5, 5.41) is 14.8. The van der Waals surface area contributed by atoms with Crippen LogP contribution in [0.2, 0.25) is 0 Å². The molecule has 138 valence electrons. The van der Waals surface area contributed by atoms with Crippen LogP contribution in [0.4, 0.5) is 0 Å². The van der Waals surface area contributed by atoms with E-state index in [0.717, 1.165) is 12.8 Å². The zero-order valence-electron chi connectivity index (χ0n) is 14.9. The molecule has 27 heavy (non-hydrogen) atoms. The standard InChI is InChI=1S/C20H20N4O3/c1-2-3-12-24-16-10-5-4-9-15(16)18(25)17(20(24)27)19(26)23-22-13-14-8-6-7-11-21-14/h4-11,13,25H,2-3,12H2,1H3,(H,23,26). The van der Waals surface area contributed by atoms with Gasteiger partial charge in [0.25, 0.3) is 11.5 Å². The van der Waals surface area contributed by atoms with E-state index >= 15 is 0 Å². The molecule has 2 aromatic heterocycles. The first-order valence-electron chi connectivity index (χ1n) is 8.72. The van der Waals surface area contributed by atoms with Crippen molar-refractivity contribution in [3.8, 4) is 5.75 Å². The highest BCUT2D eigenvalue weighted by Crippen LogP contribution is 2.26. The van der Waals surface area contributed by atoms with Crippen molar-refractivity contribution in [2.45, 2.75) is 26.3 Å². The normalized spacial score (nSPS) is 11.1. The molecule has 0 bridgehead atoms. The Morgan fingerprint density at radius 2 is 2.04 bits per heavy atom. The second-order valence-corrected chi connectivity index (χ2v) is 6.00. The maximum Gasteiger partial charge on any atom is 0.280 e. The average molecular weight is 364 g/mol. The van der Waals surface area contributed by atoms with Gasteiger partial charge in [0.2, 0.25) is 0 Å². The summed E-state index contributed by atoms with van der Waals surface area (Å²) in [4.78, 5) is 29.4. The van der Waals surface area contributed by atoms with E-state index in [4.69, 9.17) is 0 Å². The molecule has 7 nitrogen and oxygen atoms in total. The fourth-order valence-corrected chi connectivity index (χ4v) is 2.80. The maximum atomic E-state index is 12.9. The van der Waals surface area contributed by atoms with Crippen LogP contribution in [0.15, 0.2) is 58.6 Å². The topological polar surface area (TPSA) is 96.6 Å². The lowest BCUT2D eigenvalue weighted by Crippen LogP contribution is -2.31. The zero-order valence-corrected chi connectivity index (χ0v) is 14.9. The summed E-state index contributed by atoms with van der Waals surface area (Å²) in [6.45, 7) is 2.49. The Kier molecular flexibility index (Phi) is 5.61. The monoisotopic (exact) mass is 364 g/mol. The van der Waals surface area contributed by atoms with Crippen molar-refractivity contribution >= 4 is 23.0 Å². The smallest absolute Gasteiger partial charge is 0.280 e. The second kappa shape index (κ2) is 8.27. The number of aryl methyl sites for hydroxylation is 1. The molecule has 0 aliphatic carbocycles. The van der Waals surface area contributed by atoms with Gasteiger partial charge in [0.1, 0.15) is 11.3 Å². The Morgan fingerprint density at radius 3 is 2.78 bits per heavy atom. The number of benzene rings is 1. The van der Waals surface area contributed by atoms with E-state index in [1.54, 1.807) is 48.7 Å². The average Bonchev–Trinajstić information content (AvgIpc) is 2.69. The van der Waals surface area contributed by atoms with Gasteiger partial charge < -0.3 is 9.67 Å². The van der Waals surface area contributed by atoms with E-state index in [0.29, 0.717) is 23.1 Å². The minimum Gasteiger partial charge on any atom is -0.506 e. The van der Waals surface area contributed by atoms with Gasteiger partial charge in [-0.15, -0.1) is 0 Å². The van der Waals surface area contributed by atoms with Crippen LogP contribution in [-0.2, 0) is 6.54 Å². The summed E-state index contributed by atoms with van der Waals surface area (Å²) in [5.74, 6) is -1.10. The number of hydrogen-bond donors (Lipinski definition) is 2. The molecule has 0 saturated carbocycles. The number of fused-ring (bicyclic) bond motifs is 1.